The molecule has 6 nitrogen and oxygen atoms in total. The van der Waals surface area contributed by atoms with Crippen LogP contribution in [0.3, 0.4) is 0 Å². The molecule has 3 heterocycles. The summed E-state index contributed by atoms with van der Waals surface area (Å²) in [6.07, 6.45) is 5.10. The zero-order valence-corrected chi connectivity index (χ0v) is 21.2. The molecule has 180 valence electrons. The molecule has 7 heteroatoms. The fourth-order valence-corrected chi connectivity index (χ4v) is 4.69. The van der Waals surface area contributed by atoms with Crippen molar-refractivity contribution >= 4 is 28.5 Å². The molecular weight excluding hydrogens is 448 g/mol. The van der Waals surface area contributed by atoms with Gasteiger partial charge in [-0.05, 0) is 63.6 Å². The molecule has 0 radical (unpaired) electrons. The van der Waals surface area contributed by atoms with Crippen molar-refractivity contribution < 1.29 is 9.53 Å². The number of carbonyl (C=O) groups is 1. The van der Waals surface area contributed by atoms with E-state index in [0.717, 1.165) is 29.8 Å². The maximum Gasteiger partial charge on any atom is 0.410 e. The van der Waals surface area contributed by atoms with Gasteiger partial charge in [0.05, 0.1) is 16.4 Å². The molecule has 1 fully saturated rings. The normalized spacial score (nSPS) is 15.2. The maximum atomic E-state index is 12.6. The Balaban J connectivity index is 1.55. The van der Waals surface area contributed by atoms with E-state index in [2.05, 4.69) is 34.1 Å². The van der Waals surface area contributed by atoms with Crippen LogP contribution < -0.4 is 0 Å². The number of nitrogens with zero attached hydrogens (tertiary/aromatic N) is 4. The van der Waals surface area contributed by atoms with Crippen molar-refractivity contribution in [2.45, 2.75) is 65.3 Å². The van der Waals surface area contributed by atoms with Crippen molar-refractivity contribution in [1.82, 2.24) is 19.8 Å². The number of aromatic nitrogens is 2. The lowest BCUT2D eigenvalue weighted by Crippen LogP contribution is -2.47. The first-order chi connectivity index (χ1) is 16.2. The Morgan fingerprint density at radius 3 is 2.53 bits per heavy atom. The Labute approximate surface area is 206 Å². The van der Waals surface area contributed by atoms with Crippen LogP contribution in [0.15, 0.2) is 48.8 Å². The molecule has 3 aromatic rings. The highest BCUT2D eigenvalue weighted by Crippen LogP contribution is 2.26. The maximum absolute atomic E-state index is 12.6. The van der Waals surface area contributed by atoms with Crippen LogP contribution in [0.2, 0.25) is 5.02 Å². The van der Waals surface area contributed by atoms with Crippen molar-refractivity contribution in [3.8, 4) is 0 Å². The molecule has 1 aliphatic rings. The van der Waals surface area contributed by atoms with E-state index < -0.39 is 5.60 Å². The lowest BCUT2D eigenvalue weighted by Gasteiger charge is -2.39. The molecule has 2 aromatic heterocycles. The Bertz CT molecular complexity index is 1150. The van der Waals surface area contributed by atoms with Gasteiger partial charge in [0, 0.05) is 50.0 Å². The minimum atomic E-state index is -0.488. The van der Waals surface area contributed by atoms with Gasteiger partial charge in [-0.25, -0.2) is 4.79 Å². The van der Waals surface area contributed by atoms with Crippen LogP contribution in [0.1, 0.15) is 50.6 Å². The number of piperidine rings is 1. The summed E-state index contributed by atoms with van der Waals surface area (Å²) >= 11 is 6.15. The van der Waals surface area contributed by atoms with Gasteiger partial charge in [-0.1, -0.05) is 35.9 Å². The number of fused-ring (bicyclic) bond motifs is 1. The highest BCUT2D eigenvalue weighted by molar-refractivity contribution is 6.30. The van der Waals surface area contributed by atoms with Gasteiger partial charge in [0.1, 0.15) is 5.60 Å². The van der Waals surface area contributed by atoms with E-state index in [1.54, 1.807) is 6.20 Å². The average molecular weight is 481 g/mol. The smallest absolute Gasteiger partial charge is 0.410 e. The third-order valence-electron chi connectivity index (χ3n) is 6.25. The Morgan fingerprint density at radius 2 is 1.82 bits per heavy atom. The van der Waals surface area contributed by atoms with Gasteiger partial charge in [0.2, 0.25) is 0 Å². The van der Waals surface area contributed by atoms with Crippen LogP contribution >= 0.6 is 11.6 Å². The first-order valence-electron chi connectivity index (χ1n) is 11.9. The molecule has 0 atom stereocenters. The molecular formula is C27H33ClN4O2. The van der Waals surface area contributed by atoms with Gasteiger partial charge in [0.15, 0.2) is 0 Å². The quantitative estimate of drug-likeness (QED) is 0.448. The highest BCUT2D eigenvalue weighted by atomic mass is 35.5. The molecule has 0 saturated carbocycles. The molecule has 0 aliphatic carbocycles. The number of benzene rings is 1. The van der Waals surface area contributed by atoms with E-state index >= 15 is 0 Å². The molecule has 0 unspecified atom stereocenters. The van der Waals surface area contributed by atoms with Crippen LogP contribution in [-0.4, -0.2) is 50.6 Å². The molecule has 1 saturated heterocycles. The summed E-state index contributed by atoms with van der Waals surface area (Å²) in [4.78, 5) is 26.2. The topological polar surface area (TPSA) is 58.6 Å². The van der Waals surface area contributed by atoms with Crippen molar-refractivity contribution in [2.24, 2.45) is 0 Å². The Hall–Kier alpha value is -2.70. The third kappa shape index (κ3) is 6.05. The van der Waals surface area contributed by atoms with E-state index in [1.165, 1.54) is 10.8 Å². The van der Waals surface area contributed by atoms with E-state index in [-0.39, 0.29) is 6.09 Å². The molecule has 4 rings (SSSR count). The van der Waals surface area contributed by atoms with E-state index in [0.29, 0.717) is 37.2 Å². The molecule has 34 heavy (non-hydrogen) atoms. The SMILES string of the molecule is Cc1cc(Cl)cnc1CN(Cc1nccc2ccccc12)C1CCN(C(=O)OC(C)(C)C)CC1. The Kier molecular flexibility index (Phi) is 7.39. The van der Waals surface area contributed by atoms with Gasteiger partial charge in [-0.3, -0.25) is 14.9 Å². The fraction of sp³-hybridized carbons (Fsp3) is 0.444. The summed E-state index contributed by atoms with van der Waals surface area (Å²) in [5, 5.41) is 3.00. The first kappa shape index (κ1) is 24.4. The summed E-state index contributed by atoms with van der Waals surface area (Å²) in [7, 11) is 0. The predicted octanol–water partition coefficient (Wildman–Crippen LogP) is 5.99. The number of carbonyl (C=O) groups excluding carboxylic acids is 1. The number of likely N-dealkylation sites (tertiary alicyclic amines) is 1. The van der Waals surface area contributed by atoms with Crippen molar-refractivity contribution in [3.05, 3.63) is 70.8 Å². The number of pyridine rings is 2. The van der Waals surface area contributed by atoms with Crippen molar-refractivity contribution in [2.75, 3.05) is 13.1 Å². The van der Waals surface area contributed by atoms with Gasteiger partial charge in [-0.15, -0.1) is 0 Å². The van der Waals surface area contributed by atoms with Gasteiger partial charge < -0.3 is 9.64 Å². The molecule has 1 amide bonds. The molecule has 0 bridgehead atoms. The molecule has 1 aliphatic heterocycles. The molecule has 1 aromatic carbocycles. The summed E-state index contributed by atoms with van der Waals surface area (Å²) in [6.45, 7) is 10.5. The minimum absolute atomic E-state index is 0.233. The zero-order chi connectivity index (χ0) is 24.3. The second-order valence-corrected chi connectivity index (χ2v) is 10.4. The number of hydrogen-bond acceptors (Lipinski definition) is 5. The zero-order valence-electron chi connectivity index (χ0n) is 20.4. The second kappa shape index (κ2) is 10.3. The lowest BCUT2D eigenvalue weighted by atomic mass is 10.0. The summed E-state index contributed by atoms with van der Waals surface area (Å²) < 4.78 is 5.58. The van der Waals surface area contributed by atoms with Gasteiger partial charge in [-0.2, -0.15) is 0 Å². The van der Waals surface area contributed by atoms with Crippen LogP contribution in [-0.2, 0) is 17.8 Å². The average Bonchev–Trinajstić information content (AvgIpc) is 2.79. The van der Waals surface area contributed by atoms with Crippen molar-refractivity contribution in [1.29, 1.82) is 0 Å². The largest absolute Gasteiger partial charge is 0.444 e. The third-order valence-corrected chi connectivity index (χ3v) is 6.45. The summed E-state index contributed by atoms with van der Waals surface area (Å²) in [6, 6.07) is 12.7. The second-order valence-electron chi connectivity index (χ2n) is 10.00. The molecule has 0 N–H and O–H groups in total. The number of amides is 1. The molecule has 0 spiro atoms. The monoisotopic (exact) mass is 480 g/mol. The van der Waals surface area contributed by atoms with Crippen LogP contribution in [0.5, 0.6) is 0 Å². The number of rotatable bonds is 5. The van der Waals surface area contributed by atoms with Gasteiger partial charge >= 0.3 is 6.09 Å². The van der Waals surface area contributed by atoms with Crippen LogP contribution in [0, 0.1) is 6.92 Å². The van der Waals surface area contributed by atoms with Gasteiger partial charge in [0.25, 0.3) is 0 Å². The number of halogens is 1. The first-order valence-corrected chi connectivity index (χ1v) is 12.2. The van der Waals surface area contributed by atoms with E-state index in [4.69, 9.17) is 21.3 Å². The lowest BCUT2D eigenvalue weighted by molar-refractivity contribution is 0.0129. The summed E-state index contributed by atoms with van der Waals surface area (Å²) in [5.74, 6) is 0. The summed E-state index contributed by atoms with van der Waals surface area (Å²) in [5.41, 5.74) is 2.66. The fourth-order valence-electron chi connectivity index (χ4n) is 4.48. The predicted molar refractivity (Wildman–Crippen MR) is 136 cm³/mol. The van der Waals surface area contributed by atoms with Crippen LogP contribution in [0.4, 0.5) is 4.79 Å². The van der Waals surface area contributed by atoms with Crippen LogP contribution in [0.25, 0.3) is 10.8 Å². The van der Waals surface area contributed by atoms with E-state index in [9.17, 15) is 4.79 Å². The standard InChI is InChI=1S/C27H33ClN4O2/c1-19-15-21(28)16-30-24(19)17-32(18-25-23-8-6-5-7-20(23)9-12-29-25)22-10-13-31(14-11-22)26(33)34-27(2,3)4/h5-9,12,15-16,22H,10-11,13-14,17-18H2,1-4H3. The van der Waals surface area contributed by atoms with Crippen molar-refractivity contribution in [3.63, 3.8) is 0 Å². The number of aryl methyl sites for hydroxylation is 1. The Morgan fingerprint density at radius 1 is 1.12 bits per heavy atom. The van der Waals surface area contributed by atoms with E-state index in [1.807, 2.05) is 50.9 Å². The number of hydrogen-bond donors (Lipinski definition) is 0. The minimum Gasteiger partial charge on any atom is -0.444 e. The number of ether oxygens (including phenoxy) is 1. The highest BCUT2D eigenvalue weighted by Gasteiger charge is 2.30.